The molecule has 1 unspecified atom stereocenters. The quantitative estimate of drug-likeness (QED) is 0.627. The zero-order chi connectivity index (χ0) is 11.0. The SMILES string of the molecule is CC(C)(C)NCCOCC(F)CCN.[HH].[HH]. The van der Waals surface area contributed by atoms with Crippen LogP contribution in [-0.2, 0) is 4.74 Å². The van der Waals surface area contributed by atoms with Gasteiger partial charge in [0, 0.05) is 14.9 Å². The lowest BCUT2D eigenvalue weighted by molar-refractivity contribution is 0.0771. The molecule has 0 heterocycles. The summed E-state index contributed by atoms with van der Waals surface area (Å²) in [6, 6.07) is 0. The van der Waals surface area contributed by atoms with Crippen LogP contribution in [0.15, 0.2) is 0 Å². The number of hydrogen-bond acceptors (Lipinski definition) is 3. The summed E-state index contributed by atoms with van der Waals surface area (Å²) in [7, 11) is 0. The first-order valence-corrected chi connectivity index (χ1v) is 5.12. The molecule has 0 saturated carbocycles. The molecule has 0 rings (SSSR count). The number of nitrogens with one attached hydrogen (secondary N) is 1. The Morgan fingerprint density at radius 2 is 2.14 bits per heavy atom. The Bertz CT molecular complexity index is 145. The molecule has 90 valence electrons. The summed E-state index contributed by atoms with van der Waals surface area (Å²) in [6.07, 6.45) is -0.540. The van der Waals surface area contributed by atoms with E-state index in [0.29, 0.717) is 19.6 Å². The minimum atomic E-state index is -0.922. The molecule has 0 aromatic heterocycles. The van der Waals surface area contributed by atoms with Gasteiger partial charge in [-0.1, -0.05) is 0 Å². The van der Waals surface area contributed by atoms with E-state index in [4.69, 9.17) is 10.5 Å². The lowest BCUT2D eigenvalue weighted by atomic mass is 10.1. The van der Waals surface area contributed by atoms with Crippen molar-refractivity contribution in [2.45, 2.75) is 38.9 Å². The van der Waals surface area contributed by atoms with Crippen molar-refractivity contribution in [1.29, 1.82) is 0 Å². The molecule has 0 spiro atoms. The van der Waals surface area contributed by atoms with E-state index in [9.17, 15) is 4.39 Å². The first-order valence-electron chi connectivity index (χ1n) is 5.12. The van der Waals surface area contributed by atoms with E-state index in [0.717, 1.165) is 6.54 Å². The molecule has 4 heteroatoms. The third-order valence-corrected chi connectivity index (χ3v) is 1.68. The van der Waals surface area contributed by atoms with E-state index in [2.05, 4.69) is 26.1 Å². The van der Waals surface area contributed by atoms with Gasteiger partial charge in [-0.05, 0) is 33.7 Å². The fraction of sp³-hybridized carbons (Fsp3) is 1.00. The van der Waals surface area contributed by atoms with Crippen molar-refractivity contribution in [2.24, 2.45) is 5.73 Å². The van der Waals surface area contributed by atoms with Gasteiger partial charge in [-0.2, -0.15) is 0 Å². The topological polar surface area (TPSA) is 47.3 Å². The van der Waals surface area contributed by atoms with Crippen molar-refractivity contribution >= 4 is 0 Å². The maximum atomic E-state index is 12.8. The van der Waals surface area contributed by atoms with E-state index in [1.54, 1.807) is 0 Å². The minimum Gasteiger partial charge on any atom is -0.377 e. The number of alkyl halides is 1. The summed E-state index contributed by atoms with van der Waals surface area (Å²) < 4.78 is 18.0. The molecule has 0 aliphatic carbocycles. The summed E-state index contributed by atoms with van der Waals surface area (Å²) in [4.78, 5) is 0. The van der Waals surface area contributed by atoms with Crippen molar-refractivity contribution in [1.82, 2.24) is 5.32 Å². The van der Waals surface area contributed by atoms with Gasteiger partial charge in [0.1, 0.15) is 6.17 Å². The second-order valence-corrected chi connectivity index (χ2v) is 4.43. The number of nitrogens with two attached hydrogens (primary N) is 1. The Morgan fingerprint density at radius 1 is 1.50 bits per heavy atom. The van der Waals surface area contributed by atoms with Gasteiger partial charge in [0.2, 0.25) is 0 Å². The van der Waals surface area contributed by atoms with Gasteiger partial charge in [-0.3, -0.25) is 0 Å². The molecule has 3 N–H and O–H groups in total. The Balaban J connectivity index is -0.000000845. The highest BCUT2D eigenvalue weighted by Gasteiger charge is 2.08. The molecule has 0 aliphatic heterocycles. The fourth-order valence-electron chi connectivity index (χ4n) is 0.974. The van der Waals surface area contributed by atoms with Crippen LogP contribution < -0.4 is 11.1 Å². The third kappa shape index (κ3) is 9.89. The first kappa shape index (κ1) is 13.8. The van der Waals surface area contributed by atoms with Crippen LogP contribution in [0.5, 0.6) is 0 Å². The Kier molecular flexibility index (Phi) is 7.05. The lowest BCUT2D eigenvalue weighted by Gasteiger charge is -2.20. The third-order valence-electron chi connectivity index (χ3n) is 1.68. The van der Waals surface area contributed by atoms with Crippen LogP contribution in [0.3, 0.4) is 0 Å². The largest absolute Gasteiger partial charge is 0.377 e. The summed E-state index contributed by atoms with van der Waals surface area (Å²) >= 11 is 0. The molecule has 0 aliphatic rings. The summed E-state index contributed by atoms with van der Waals surface area (Å²) in [5.41, 5.74) is 5.30. The first-order chi connectivity index (χ1) is 6.45. The van der Waals surface area contributed by atoms with Gasteiger partial charge in [0.15, 0.2) is 0 Å². The highest BCUT2D eigenvalue weighted by molar-refractivity contribution is 4.69. The average Bonchev–Trinajstić information content (AvgIpc) is 2.02. The molecule has 0 bridgehead atoms. The van der Waals surface area contributed by atoms with Crippen molar-refractivity contribution in [3.63, 3.8) is 0 Å². The highest BCUT2D eigenvalue weighted by atomic mass is 19.1. The molecule has 0 amide bonds. The van der Waals surface area contributed by atoms with Gasteiger partial charge >= 0.3 is 0 Å². The van der Waals surface area contributed by atoms with E-state index >= 15 is 0 Å². The number of hydrogen-bond donors (Lipinski definition) is 2. The molecular weight excluding hydrogens is 183 g/mol. The maximum Gasteiger partial charge on any atom is 0.125 e. The smallest absolute Gasteiger partial charge is 0.125 e. The monoisotopic (exact) mass is 210 g/mol. The van der Waals surface area contributed by atoms with Gasteiger partial charge in [-0.15, -0.1) is 0 Å². The number of ether oxygens (including phenoxy) is 1. The van der Waals surface area contributed by atoms with E-state index in [-0.39, 0.29) is 15.0 Å². The van der Waals surface area contributed by atoms with E-state index < -0.39 is 6.17 Å². The van der Waals surface area contributed by atoms with Crippen LogP contribution >= 0.6 is 0 Å². The molecule has 1 atom stereocenters. The zero-order valence-electron chi connectivity index (χ0n) is 9.48. The van der Waals surface area contributed by atoms with Crippen LogP contribution in [0.25, 0.3) is 0 Å². The van der Waals surface area contributed by atoms with Gasteiger partial charge in [0.05, 0.1) is 13.2 Å². The maximum absolute atomic E-state index is 12.8. The van der Waals surface area contributed by atoms with Gasteiger partial charge in [-0.25, -0.2) is 4.39 Å². The number of rotatable bonds is 7. The summed E-state index contributed by atoms with van der Waals surface area (Å²) in [5.74, 6) is 0. The predicted octanol–water partition coefficient (Wildman–Crippen LogP) is 1.57. The van der Waals surface area contributed by atoms with Crippen molar-refractivity contribution in [3.8, 4) is 0 Å². The lowest BCUT2D eigenvalue weighted by Crippen LogP contribution is -2.38. The van der Waals surface area contributed by atoms with Crippen molar-refractivity contribution < 1.29 is 12.0 Å². The highest BCUT2D eigenvalue weighted by Crippen LogP contribution is 1.98. The van der Waals surface area contributed by atoms with Crippen LogP contribution in [0, 0.1) is 0 Å². The van der Waals surface area contributed by atoms with Crippen molar-refractivity contribution in [2.75, 3.05) is 26.3 Å². The summed E-state index contributed by atoms with van der Waals surface area (Å²) in [6.45, 7) is 8.08. The van der Waals surface area contributed by atoms with Crippen molar-refractivity contribution in [3.05, 3.63) is 0 Å². The number of halogens is 1. The molecule has 14 heavy (non-hydrogen) atoms. The Morgan fingerprint density at radius 3 is 2.64 bits per heavy atom. The van der Waals surface area contributed by atoms with Crippen LogP contribution in [0.1, 0.15) is 30.0 Å². The fourth-order valence-corrected chi connectivity index (χ4v) is 0.974. The van der Waals surface area contributed by atoms with Crippen LogP contribution in [0.4, 0.5) is 4.39 Å². The van der Waals surface area contributed by atoms with Crippen LogP contribution in [0.2, 0.25) is 0 Å². The molecule has 3 nitrogen and oxygen atoms in total. The summed E-state index contributed by atoms with van der Waals surface area (Å²) in [5, 5.41) is 3.26. The molecule has 0 aromatic carbocycles. The molecule has 0 radical (unpaired) electrons. The zero-order valence-corrected chi connectivity index (χ0v) is 9.48. The molecular formula is C10H27FN2O. The van der Waals surface area contributed by atoms with Gasteiger partial charge in [0.25, 0.3) is 0 Å². The molecule has 0 aromatic rings. The second kappa shape index (κ2) is 7.15. The Hall–Kier alpha value is -0.190. The minimum absolute atomic E-state index is 0. The van der Waals surface area contributed by atoms with Gasteiger partial charge < -0.3 is 15.8 Å². The Labute approximate surface area is 89.2 Å². The molecule has 0 saturated heterocycles. The molecule has 0 fully saturated rings. The van der Waals surface area contributed by atoms with E-state index in [1.807, 2.05) is 0 Å². The van der Waals surface area contributed by atoms with E-state index in [1.165, 1.54) is 0 Å². The standard InChI is InChI=1S/C10H23FN2O.2H2/c1-10(2,3)13-6-7-14-8-9(11)4-5-12;;/h9,13H,4-8,12H2,1-3H3;2*1H. The van der Waals surface area contributed by atoms with Crippen LogP contribution in [-0.4, -0.2) is 38.0 Å². The average molecular weight is 210 g/mol. The second-order valence-electron chi connectivity index (χ2n) is 4.43. The normalized spacial score (nSPS) is 14.4. The predicted molar refractivity (Wildman–Crippen MR) is 61.4 cm³/mol.